The van der Waals surface area contributed by atoms with Gasteiger partial charge in [0.25, 0.3) is 0 Å². The first-order chi connectivity index (χ1) is 11.5. The average molecular weight is 375 g/mol. The molecule has 25 heavy (non-hydrogen) atoms. The van der Waals surface area contributed by atoms with Gasteiger partial charge in [0, 0.05) is 51.2 Å². The van der Waals surface area contributed by atoms with Crippen LogP contribution in [-0.4, -0.2) is 84.9 Å². The smallest absolute Gasteiger partial charge is 0.236 e. The quantitative estimate of drug-likeness (QED) is 0.785. The van der Waals surface area contributed by atoms with Crippen LogP contribution in [0.2, 0.25) is 0 Å². The second-order valence-corrected chi connectivity index (χ2v) is 7.10. The van der Waals surface area contributed by atoms with Crippen LogP contribution in [0.5, 0.6) is 0 Å². The summed E-state index contributed by atoms with van der Waals surface area (Å²) >= 11 is 0. The van der Waals surface area contributed by atoms with Gasteiger partial charge < -0.3 is 15.1 Å². The van der Waals surface area contributed by atoms with E-state index < -0.39 is 0 Å². The minimum absolute atomic E-state index is 0. The Morgan fingerprint density at radius 1 is 1.12 bits per heavy atom. The molecule has 2 rings (SSSR count). The van der Waals surface area contributed by atoms with Crippen LogP contribution in [0, 0.1) is 5.92 Å². The fraction of sp³-hybridized carbons (Fsp3) is 0.889. The van der Waals surface area contributed by atoms with E-state index in [1.807, 2.05) is 23.6 Å². The Morgan fingerprint density at radius 3 is 2.48 bits per heavy atom. The molecule has 0 aromatic rings. The number of rotatable bonds is 5. The number of hydrogen-bond donors (Lipinski definition) is 1. The molecular weight excluding hydrogens is 340 g/mol. The second kappa shape index (κ2) is 11.0. The van der Waals surface area contributed by atoms with Gasteiger partial charge in [-0.1, -0.05) is 0 Å². The van der Waals surface area contributed by atoms with Crippen molar-refractivity contribution in [2.45, 2.75) is 46.1 Å². The third-order valence-corrected chi connectivity index (χ3v) is 5.35. The summed E-state index contributed by atoms with van der Waals surface area (Å²) in [5.74, 6) is 0.692. The Bertz CT molecular complexity index is 431. The highest BCUT2D eigenvalue weighted by Crippen LogP contribution is 2.19. The molecule has 2 fully saturated rings. The van der Waals surface area contributed by atoms with E-state index >= 15 is 0 Å². The summed E-state index contributed by atoms with van der Waals surface area (Å²) in [7, 11) is 0. The van der Waals surface area contributed by atoms with Crippen molar-refractivity contribution in [2.75, 3.05) is 52.4 Å². The lowest BCUT2D eigenvalue weighted by Crippen LogP contribution is -2.45. The first-order valence-electron chi connectivity index (χ1n) is 9.57. The van der Waals surface area contributed by atoms with Gasteiger partial charge in [0.2, 0.25) is 11.8 Å². The third-order valence-electron chi connectivity index (χ3n) is 5.35. The summed E-state index contributed by atoms with van der Waals surface area (Å²) in [5, 5.41) is 3.41. The molecule has 2 aliphatic heterocycles. The third kappa shape index (κ3) is 6.42. The lowest BCUT2D eigenvalue weighted by atomic mass is 9.92. The molecule has 0 radical (unpaired) electrons. The normalized spacial score (nSPS) is 25.0. The van der Waals surface area contributed by atoms with Crippen LogP contribution < -0.4 is 5.32 Å². The van der Waals surface area contributed by atoms with Gasteiger partial charge in [-0.3, -0.25) is 14.5 Å². The molecule has 0 spiro atoms. The van der Waals surface area contributed by atoms with Gasteiger partial charge in [0.15, 0.2) is 0 Å². The Hall–Kier alpha value is -0.850. The number of carbonyl (C=O) groups excluding carboxylic acids is 2. The SMILES string of the molecule is CCN(CC)C(=O)CN1CCCN(C(=O)[C@H]2CCN[C@@H](C)C2)CC1.Cl. The molecular formula is C18H35ClN4O2. The molecule has 7 heteroatoms. The van der Waals surface area contributed by atoms with E-state index in [4.69, 9.17) is 0 Å². The first kappa shape index (κ1) is 22.2. The number of halogens is 1. The molecule has 6 nitrogen and oxygen atoms in total. The molecule has 1 N–H and O–H groups in total. The van der Waals surface area contributed by atoms with E-state index in [1.54, 1.807) is 0 Å². The van der Waals surface area contributed by atoms with Gasteiger partial charge in [-0.05, 0) is 46.6 Å². The Labute approximate surface area is 158 Å². The summed E-state index contributed by atoms with van der Waals surface area (Å²) in [5.41, 5.74) is 0. The maximum Gasteiger partial charge on any atom is 0.236 e. The van der Waals surface area contributed by atoms with E-state index in [0.29, 0.717) is 18.5 Å². The maximum absolute atomic E-state index is 12.8. The van der Waals surface area contributed by atoms with Crippen molar-refractivity contribution in [3.8, 4) is 0 Å². The minimum Gasteiger partial charge on any atom is -0.342 e. The topological polar surface area (TPSA) is 55.9 Å². The van der Waals surface area contributed by atoms with Crippen LogP contribution in [0.4, 0.5) is 0 Å². The first-order valence-corrected chi connectivity index (χ1v) is 9.57. The molecule has 2 amide bonds. The van der Waals surface area contributed by atoms with E-state index in [1.165, 1.54) is 0 Å². The number of amides is 2. The van der Waals surface area contributed by atoms with Gasteiger partial charge in [0.05, 0.1) is 6.54 Å². The average Bonchev–Trinajstić information content (AvgIpc) is 2.81. The lowest BCUT2D eigenvalue weighted by Gasteiger charge is -2.31. The number of piperidine rings is 1. The number of nitrogens with zero attached hydrogens (tertiary/aromatic N) is 3. The van der Waals surface area contributed by atoms with Crippen LogP contribution in [0.25, 0.3) is 0 Å². The van der Waals surface area contributed by atoms with Gasteiger partial charge >= 0.3 is 0 Å². The molecule has 2 aliphatic rings. The standard InChI is InChI=1S/C18H34N4O2.ClH/c1-4-21(5-2)17(23)14-20-9-6-10-22(12-11-20)18(24)16-7-8-19-15(3)13-16;/h15-16,19H,4-14H2,1-3H3;1H/t15-,16-;/m0./s1. The van der Waals surface area contributed by atoms with Crippen molar-refractivity contribution in [1.29, 1.82) is 0 Å². The highest BCUT2D eigenvalue weighted by Gasteiger charge is 2.29. The highest BCUT2D eigenvalue weighted by molar-refractivity contribution is 5.85. The maximum atomic E-state index is 12.8. The largest absolute Gasteiger partial charge is 0.342 e. The summed E-state index contributed by atoms with van der Waals surface area (Å²) < 4.78 is 0. The van der Waals surface area contributed by atoms with Crippen LogP contribution in [0.15, 0.2) is 0 Å². The number of carbonyl (C=O) groups is 2. The van der Waals surface area contributed by atoms with E-state index in [2.05, 4.69) is 17.1 Å². The van der Waals surface area contributed by atoms with Gasteiger partial charge in [-0.15, -0.1) is 12.4 Å². The number of likely N-dealkylation sites (N-methyl/N-ethyl adjacent to an activating group) is 1. The Kier molecular flexibility index (Phi) is 9.75. The van der Waals surface area contributed by atoms with Gasteiger partial charge in [-0.25, -0.2) is 0 Å². The molecule has 0 saturated carbocycles. The van der Waals surface area contributed by atoms with Gasteiger partial charge in [0.1, 0.15) is 0 Å². The van der Waals surface area contributed by atoms with Crippen molar-refractivity contribution in [1.82, 2.24) is 20.0 Å². The summed E-state index contributed by atoms with van der Waals surface area (Å²) in [6.45, 7) is 12.4. The van der Waals surface area contributed by atoms with Crippen LogP contribution in [0.3, 0.4) is 0 Å². The molecule has 146 valence electrons. The lowest BCUT2D eigenvalue weighted by molar-refractivity contribution is -0.136. The van der Waals surface area contributed by atoms with Crippen LogP contribution in [-0.2, 0) is 9.59 Å². The summed E-state index contributed by atoms with van der Waals surface area (Å²) in [6, 6.07) is 0.433. The fourth-order valence-electron chi connectivity index (χ4n) is 3.83. The Morgan fingerprint density at radius 2 is 1.84 bits per heavy atom. The Balaban J connectivity index is 0.00000312. The zero-order chi connectivity index (χ0) is 17.5. The molecule has 0 unspecified atom stereocenters. The fourth-order valence-corrected chi connectivity index (χ4v) is 3.83. The molecule has 2 saturated heterocycles. The van der Waals surface area contributed by atoms with Crippen molar-refractivity contribution < 1.29 is 9.59 Å². The van der Waals surface area contributed by atoms with Crippen molar-refractivity contribution in [2.24, 2.45) is 5.92 Å². The molecule has 2 heterocycles. The molecule has 2 atom stereocenters. The van der Waals surface area contributed by atoms with Crippen LogP contribution in [0.1, 0.15) is 40.0 Å². The minimum atomic E-state index is 0. The zero-order valence-corrected chi connectivity index (χ0v) is 16.8. The molecule has 0 aliphatic carbocycles. The molecule has 0 aromatic carbocycles. The predicted octanol–water partition coefficient (Wildman–Crippen LogP) is 1.20. The molecule has 0 bridgehead atoms. The van der Waals surface area contributed by atoms with Crippen LogP contribution >= 0.6 is 12.4 Å². The van der Waals surface area contributed by atoms with Crippen molar-refractivity contribution >= 4 is 24.2 Å². The number of nitrogens with one attached hydrogen (secondary N) is 1. The highest BCUT2D eigenvalue weighted by atomic mass is 35.5. The van der Waals surface area contributed by atoms with E-state index in [0.717, 1.165) is 65.1 Å². The predicted molar refractivity (Wildman–Crippen MR) is 103 cm³/mol. The molecule has 0 aromatic heterocycles. The second-order valence-electron chi connectivity index (χ2n) is 7.10. The van der Waals surface area contributed by atoms with Gasteiger partial charge in [-0.2, -0.15) is 0 Å². The summed E-state index contributed by atoms with van der Waals surface area (Å²) in [6.07, 6.45) is 2.85. The monoisotopic (exact) mass is 374 g/mol. The zero-order valence-electron chi connectivity index (χ0n) is 16.0. The number of hydrogen-bond acceptors (Lipinski definition) is 4. The summed E-state index contributed by atoms with van der Waals surface area (Å²) in [4.78, 5) is 31.2. The van der Waals surface area contributed by atoms with Crippen molar-refractivity contribution in [3.05, 3.63) is 0 Å². The van der Waals surface area contributed by atoms with Crippen molar-refractivity contribution in [3.63, 3.8) is 0 Å². The van der Waals surface area contributed by atoms with E-state index in [9.17, 15) is 9.59 Å². The van der Waals surface area contributed by atoms with E-state index in [-0.39, 0.29) is 24.2 Å².